The highest BCUT2D eigenvalue weighted by molar-refractivity contribution is 5.90. The molecule has 1 aliphatic carbocycles. The van der Waals surface area contributed by atoms with Gasteiger partial charge in [-0.15, -0.1) is 0 Å². The molecule has 0 amide bonds. The van der Waals surface area contributed by atoms with Crippen LogP contribution >= 0.6 is 0 Å². The van der Waals surface area contributed by atoms with Gasteiger partial charge in [-0.3, -0.25) is 0 Å². The average molecular weight is 439 g/mol. The van der Waals surface area contributed by atoms with Gasteiger partial charge in [0.15, 0.2) is 0 Å². The van der Waals surface area contributed by atoms with Crippen LogP contribution in [0.1, 0.15) is 93.6 Å². The molecule has 4 nitrogen and oxygen atoms in total. The second-order valence-electron chi connectivity index (χ2n) is 8.68. The molecule has 3 rings (SSSR count). The van der Waals surface area contributed by atoms with Crippen LogP contribution in [-0.2, 0) is 9.47 Å². The molecule has 0 N–H and O–H groups in total. The fourth-order valence-electron chi connectivity index (χ4n) is 4.01. The molecule has 1 saturated carbocycles. The first-order chi connectivity index (χ1) is 15.2. The van der Waals surface area contributed by atoms with E-state index >= 15 is 0 Å². The van der Waals surface area contributed by atoms with E-state index in [9.17, 15) is 9.59 Å². The molecule has 0 heterocycles. The second kappa shape index (κ2) is 11.3. The zero-order valence-corrected chi connectivity index (χ0v) is 20.9. The number of benzene rings is 2. The average Bonchev–Trinajstić information content (AvgIpc) is 2.77. The zero-order valence-electron chi connectivity index (χ0n) is 20.9. The van der Waals surface area contributed by atoms with E-state index in [4.69, 9.17) is 9.47 Å². The van der Waals surface area contributed by atoms with Gasteiger partial charge in [-0.05, 0) is 125 Å². The minimum absolute atomic E-state index is 0.127. The maximum atomic E-state index is 12.6. The van der Waals surface area contributed by atoms with Crippen molar-refractivity contribution >= 4 is 11.9 Å². The topological polar surface area (TPSA) is 52.6 Å². The fraction of sp³-hybridized carbons (Fsp3) is 0.500. The number of aryl methyl sites for hydroxylation is 4. The van der Waals surface area contributed by atoms with E-state index in [1.165, 1.54) is 11.1 Å². The third kappa shape index (κ3) is 6.21. The van der Waals surface area contributed by atoms with Gasteiger partial charge < -0.3 is 9.47 Å². The quantitative estimate of drug-likeness (QED) is 0.488. The van der Waals surface area contributed by atoms with Gasteiger partial charge >= 0.3 is 11.9 Å². The van der Waals surface area contributed by atoms with Crippen LogP contribution in [0.5, 0.6) is 0 Å². The predicted octanol–water partition coefficient (Wildman–Crippen LogP) is 6.89. The van der Waals surface area contributed by atoms with Crippen molar-refractivity contribution < 1.29 is 19.1 Å². The number of esters is 2. The third-order valence-corrected chi connectivity index (χ3v) is 6.49. The lowest BCUT2D eigenvalue weighted by Crippen LogP contribution is -2.30. The van der Waals surface area contributed by atoms with Crippen molar-refractivity contribution in [1.29, 1.82) is 0 Å². The van der Waals surface area contributed by atoms with Gasteiger partial charge in [0, 0.05) is 0 Å². The Labute approximate surface area is 193 Å². The zero-order chi connectivity index (χ0) is 24.0. The van der Waals surface area contributed by atoms with E-state index in [-0.39, 0.29) is 24.1 Å². The summed E-state index contributed by atoms with van der Waals surface area (Å²) in [6, 6.07) is 7.57. The standard InChI is InChI=1S/C26H32O4.C2H6/c1-15-11-21(12-16(2)19(15)5)25(27)29-23-7-9-24(10-8-23)30-26(28)22-13-17(3)20(6)18(4)14-22;1-2/h11-14,23-24H,7-10H2,1-6H3;1-2H3. The summed E-state index contributed by atoms with van der Waals surface area (Å²) < 4.78 is 11.5. The van der Waals surface area contributed by atoms with Gasteiger partial charge in [-0.2, -0.15) is 0 Å². The van der Waals surface area contributed by atoms with Crippen LogP contribution in [0.3, 0.4) is 0 Å². The Hall–Kier alpha value is -2.62. The van der Waals surface area contributed by atoms with E-state index in [1.54, 1.807) is 0 Å². The van der Waals surface area contributed by atoms with Crippen molar-refractivity contribution in [2.45, 2.75) is 93.3 Å². The van der Waals surface area contributed by atoms with E-state index < -0.39 is 0 Å². The first kappa shape index (κ1) is 25.6. The van der Waals surface area contributed by atoms with Crippen LogP contribution in [0.15, 0.2) is 24.3 Å². The molecule has 0 saturated heterocycles. The number of rotatable bonds is 4. The lowest BCUT2D eigenvalue weighted by molar-refractivity contribution is -0.0108. The molecule has 1 fully saturated rings. The maximum absolute atomic E-state index is 12.6. The van der Waals surface area contributed by atoms with Crippen LogP contribution in [0.4, 0.5) is 0 Å². The Morgan fingerprint density at radius 2 is 0.844 bits per heavy atom. The van der Waals surface area contributed by atoms with Gasteiger partial charge in [-0.25, -0.2) is 9.59 Å². The number of carbonyl (C=O) groups is 2. The molecule has 32 heavy (non-hydrogen) atoms. The number of hydrogen-bond donors (Lipinski definition) is 0. The summed E-state index contributed by atoms with van der Waals surface area (Å²) in [6.45, 7) is 16.2. The highest BCUT2D eigenvalue weighted by Crippen LogP contribution is 2.26. The molecule has 1 aliphatic rings. The Balaban J connectivity index is 0.00000176. The molecule has 0 spiro atoms. The van der Waals surface area contributed by atoms with Gasteiger partial charge in [0.1, 0.15) is 12.2 Å². The minimum atomic E-state index is -0.271. The highest BCUT2D eigenvalue weighted by atomic mass is 16.6. The molecule has 4 heteroatoms. The monoisotopic (exact) mass is 438 g/mol. The third-order valence-electron chi connectivity index (χ3n) is 6.49. The first-order valence-corrected chi connectivity index (χ1v) is 11.7. The smallest absolute Gasteiger partial charge is 0.338 e. The SMILES string of the molecule is CC.Cc1cc(C(=O)OC2CCC(OC(=O)c3cc(C)c(C)c(C)c3)CC2)cc(C)c1C. The first-order valence-electron chi connectivity index (χ1n) is 11.7. The normalized spacial score (nSPS) is 17.8. The molecule has 0 aliphatic heterocycles. The Morgan fingerprint density at radius 3 is 1.09 bits per heavy atom. The van der Waals surface area contributed by atoms with Gasteiger partial charge in [-0.1, -0.05) is 13.8 Å². The molecular weight excluding hydrogens is 400 g/mol. The number of ether oxygens (including phenoxy) is 2. The molecule has 0 radical (unpaired) electrons. The highest BCUT2D eigenvalue weighted by Gasteiger charge is 2.27. The van der Waals surface area contributed by atoms with Crippen molar-refractivity contribution in [3.05, 3.63) is 68.8 Å². The van der Waals surface area contributed by atoms with Crippen molar-refractivity contribution in [3.63, 3.8) is 0 Å². The van der Waals surface area contributed by atoms with E-state index in [2.05, 4.69) is 13.8 Å². The second-order valence-corrected chi connectivity index (χ2v) is 8.68. The predicted molar refractivity (Wildman–Crippen MR) is 130 cm³/mol. The summed E-state index contributed by atoms with van der Waals surface area (Å²) in [6.07, 6.45) is 2.58. The Bertz CT molecular complexity index is 840. The van der Waals surface area contributed by atoms with Crippen molar-refractivity contribution in [3.8, 4) is 0 Å². The largest absolute Gasteiger partial charge is 0.459 e. The summed E-state index contributed by atoms with van der Waals surface area (Å²) in [7, 11) is 0. The summed E-state index contributed by atoms with van der Waals surface area (Å²) >= 11 is 0. The van der Waals surface area contributed by atoms with Crippen molar-refractivity contribution in [1.82, 2.24) is 0 Å². The van der Waals surface area contributed by atoms with Crippen LogP contribution in [0.2, 0.25) is 0 Å². The van der Waals surface area contributed by atoms with E-state index in [0.717, 1.165) is 22.3 Å². The van der Waals surface area contributed by atoms with E-state index in [1.807, 2.05) is 65.8 Å². The molecule has 0 bridgehead atoms. The fourth-order valence-corrected chi connectivity index (χ4v) is 4.01. The van der Waals surface area contributed by atoms with Gasteiger partial charge in [0.25, 0.3) is 0 Å². The van der Waals surface area contributed by atoms with Crippen LogP contribution in [0, 0.1) is 41.5 Å². The Kier molecular flexibility index (Phi) is 9.06. The number of carbonyl (C=O) groups excluding carboxylic acids is 2. The molecule has 2 aromatic rings. The maximum Gasteiger partial charge on any atom is 0.338 e. The lowest BCUT2D eigenvalue weighted by Gasteiger charge is -2.28. The van der Waals surface area contributed by atoms with Crippen molar-refractivity contribution in [2.75, 3.05) is 0 Å². The Morgan fingerprint density at radius 1 is 0.594 bits per heavy atom. The van der Waals surface area contributed by atoms with Gasteiger partial charge in [0.2, 0.25) is 0 Å². The summed E-state index contributed by atoms with van der Waals surface area (Å²) in [5.74, 6) is -0.542. The minimum Gasteiger partial charge on any atom is -0.459 e. The molecule has 0 atom stereocenters. The van der Waals surface area contributed by atoms with Crippen LogP contribution in [-0.4, -0.2) is 24.1 Å². The molecule has 0 aromatic heterocycles. The van der Waals surface area contributed by atoms with E-state index in [0.29, 0.717) is 36.8 Å². The summed E-state index contributed by atoms with van der Waals surface area (Å²) in [5, 5.41) is 0. The van der Waals surface area contributed by atoms with Gasteiger partial charge in [0.05, 0.1) is 11.1 Å². The summed E-state index contributed by atoms with van der Waals surface area (Å²) in [5.41, 5.74) is 8.00. The van der Waals surface area contributed by atoms with Crippen LogP contribution in [0.25, 0.3) is 0 Å². The molecule has 0 unspecified atom stereocenters. The lowest BCUT2D eigenvalue weighted by atomic mass is 9.94. The summed E-state index contributed by atoms with van der Waals surface area (Å²) in [4.78, 5) is 25.1. The van der Waals surface area contributed by atoms with Crippen LogP contribution < -0.4 is 0 Å². The molecule has 174 valence electrons. The molecule has 2 aromatic carbocycles. The number of hydrogen-bond acceptors (Lipinski definition) is 4. The van der Waals surface area contributed by atoms with Crippen molar-refractivity contribution in [2.24, 2.45) is 0 Å². The molecular formula is C28H38O4.